The summed E-state index contributed by atoms with van der Waals surface area (Å²) in [5.74, 6) is -0.291. The van der Waals surface area contributed by atoms with Gasteiger partial charge in [-0.2, -0.15) is 0 Å². The third-order valence-electron chi connectivity index (χ3n) is 7.97. The fourth-order valence-corrected chi connectivity index (χ4v) is 6.39. The molecule has 7 nitrogen and oxygen atoms in total. The van der Waals surface area contributed by atoms with Crippen molar-refractivity contribution in [3.63, 3.8) is 0 Å². The molecule has 3 aromatic rings. The number of benzene rings is 2. The van der Waals surface area contributed by atoms with E-state index in [-0.39, 0.29) is 24.7 Å². The molecule has 1 unspecified atom stereocenters. The third kappa shape index (κ3) is 10.2. The van der Waals surface area contributed by atoms with E-state index in [4.69, 9.17) is 4.74 Å². The summed E-state index contributed by atoms with van der Waals surface area (Å²) in [4.78, 5) is 41.7. The molecule has 1 aromatic heterocycles. The number of rotatable bonds is 16. The first-order chi connectivity index (χ1) is 20.5. The highest BCUT2D eigenvalue weighted by molar-refractivity contribution is 7.20. The minimum Gasteiger partial charge on any atom is -0.464 e. The number of carbonyl (C=O) groups is 3. The summed E-state index contributed by atoms with van der Waals surface area (Å²) in [5.41, 5.74) is 1.35. The number of unbranched alkanes of at least 4 members (excludes halogenated alkanes) is 3. The zero-order valence-corrected chi connectivity index (χ0v) is 25.6. The first-order valence-electron chi connectivity index (χ1n) is 15.5. The average molecular weight is 592 g/mol. The van der Waals surface area contributed by atoms with Crippen LogP contribution in [0.3, 0.4) is 0 Å². The molecule has 0 bridgehead atoms. The highest BCUT2D eigenvalue weighted by atomic mass is 32.1. The topological polar surface area (TPSA) is 87.7 Å². The number of nitrogens with one attached hydrogen (secondary N) is 2. The molecule has 1 fully saturated rings. The van der Waals surface area contributed by atoms with Crippen LogP contribution in [0.5, 0.6) is 0 Å². The predicted octanol–water partition coefficient (Wildman–Crippen LogP) is 6.32. The molecule has 1 aliphatic rings. The normalized spacial score (nSPS) is 14.9. The van der Waals surface area contributed by atoms with Crippen molar-refractivity contribution < 1.29 is 19.1 Å². The zero-order chi connectivity index (χ0) is 29.6. The monoisotopic (exact) mass is 591 g/mol. The molecular weight excluding hydrogens is 546 g/mol. The maximum absolute atomic E-state index is 13.0. The average Bonchev–Trinajstić information content (AvgIpc) is 3.45. The van der Waals surface area contributed by atoms with Gasteiger partial charge in [0.1, 0.15) is 6.04 Å². The third-order valence-corrected chi connectivity index (χ3v) is 9.09. The number of amides is 2. The lowest BCUT2D eigenvalue weighted by Gasteiger charge is -2.32. The van der Waals surface area contributed by atoms with Gasteiger partial charge in [-0.1, -0.05) is 74.7 Å². The number of hydrogen-bond acceptors (Lipinski definition) is 6. The lowest BCUT2D eigenvalue weighted by atomic mass is 9.93. The number of thiophene rings is 1. The molecule has 226 valence electrons. The molecule has 1 aliphatic heterocycles. The van der Waals surface area contributed by atoms with Gasteiger partial charge in [0.15, 0.2) is 0 Å². The van der Waals surface area contributed by atoms with Gasteiger partial charge in [-0.3, -0.25) is 14.5 Å². The molecule has 8 heteroatoms. The Kier molecular flexibility index (Phi) is 12.8. The number of carbonyl (C=O) groups excluding carboxylic acids is 3. The van der Waals surface area contributed by atoms with Gasteiger partial charge in [-0.15, -0.1) is 11.3 Å². The quantitative estimate of drug-likeness (QED) is 0.150. The van der Waals surface area contributed by atoms with Gasteiger partial charge in [0, 0.05) is 24.2 Å². The van der Waals surface area contributed by atoms with E-state index in [1.807, 2.05) is 36.4 Å². The van der Waals surface area contributed by atoms with Gasteiger partial charge in [0.25, 0.3) is 5.91 Å². The minimum absolute atomic E-state index is 0.103. The van der Waals surface area contributed by atoms with E-state index in [1.165, 1.54) is 16.9 Å². The van der Waals surface area contributed by atoms with Crippen LogP contribution in [-0.4, -0.2) is 55.0 Å². The van der Waals surface area contributed by atoms with Crippen molar-refractivity contribution in [3.05, 3.63) is 71.1 Å². The molecule has 0 spiro atoms. The molecule has 4 rings (SSSR count). The van der Waals surface area contributed by atoms with Crippen LogP contribution in [0.4, 0.5) is 0 Å². The summed E-state index contributed by atoms with van der Waals surface area (Å²) in [6, 6.07) is 19.3. The zero-order valence-electron chi connectivity index (χ0n) is 24.8. The molecule has 2 aromatic carbocycles. The summed E-state index contributed by atoms with van der Waals surface area (Å²) in [6.45, 7) is 6.23. The molecule has 1 atom stereocenters. The number of esters is 1. The van der Waals surface area contributed by atoms with Crippen molar-refractivity contribution in [3.8, 4) is 0 Å². The summed E-state index contributed by atoms with van der Waals surface area (Å²) in [7, 11) is 0. The van der Waals surface area contributed by atoms with Crippen LogP contribution in [0.15, 0.2) is 60.7 Å². The molecule has 1 saturated heterocycles. The highest BCUT2D eigenvalue weighted by Gasteiger charge is 2.25. The van der Waals surface area contributed by atoms with Crippen LogP contribution >= 0.6 is 11.3 Å². The van der Waals surface area contributed by atoms with Crippen molar-refractivity contribution in [1.82, 2.24) is 15.5 Å². The lowest BCUT2D eigenvalue weighted by Crippen LogP contribution is -2.42. The minimum atomic E-state index is -0.867. The summed E-state index contributed by atoms with van der Waals surface area (Å²) in [6.07, 6.45) is 7.57. The Morgan fingerprint density at radius 1 is 1.00 bits per heavy atom. The second-order valence-electron chi connectivity index (χ2n) is 11.3. The molecular formula is C34H45N3O4S. The van der Waals surface area contributed by atoms with E-state index >= 15 is 0 Å². The Morgan fingerprint density at radius 3 is 2.52 bits per heavy atom. The van der Waals surface area contributed by atoms with Gasteiger partial charge in [0.2, 0.25) is 5.91 Å². The largest absolute Gasteiger partial charge is 0.464 e. The van der Waals surface area contributed by atoms with Crippen molar-refractivity contribution in [1.29, 1.82) is 0 Å². The maximum atomic E-state index is 13.0. The molecule has 0 saturated carbocycles. The van der Waals surface area contributed by atoms with E-state index < -0.39 is 12.0 Å². The number of piperidine rings is 1. The van der Waals surface area contributed by atoms with Crippen molar-refractivity contribution >= 4 is 39.2 Å². The molecule has 2 amide bonds. The van der Waals surface area contributed by atoms with E-state index in [2.05, 4.69) is 46.7 Å². The van der Waals surface area contributed by atoms with Crippen LogP contribution in [0, 0.1) is 5.92 Å². The smallest absolute Gasteiger partial charge is 0.328 e. The van der Waals surface area contributed by atoms with Gasteiger partial charge in [-0.05, 0) is 74.2 Å². The molecule has 2 heterocycles. The second-order valence-corrected chi connectivity index (χ2v) is 12.4. The van der Waals surface area contributed by atoms with Gasteiger partial charge >= 0.3 is 5.97 Å². The number of ether oxygens (including phenoxy) is 1. The molecule has 0 radical (unpaired) electrons. The van der Waals surface area contributed by atoms with Crippen molar-refractivity contribution in [2.45, 2.75) is 77.3 Å². The summed E-state index contributed by atoms with van der Waals surface area (Å²) >= 11 is 1.39. The Bertz CT molecular complexity index is 1240. The van der Waals surface area contributed by atoms with E-state index in [0.29, 0.717) is 23.9 Å². The maximum Gasteiger partial charge on any atom is 0.328 e. The molecule has 42 heavy (non-hydrogen) atoms. The Hall–Kier alpha value is -3.23. The summed E-state index contributed by atoms with van der Waals surface area (Å²) < 4.78 is 6.51. The summed E-state index contributed by atoms with van der Waals surface area (Å²) in [5, 5.41) is 6.86. The molecule has 0 aliphatic carbocycles. The Balaban J connectivity index is 1.20. The number of likely N-dealkylation sites (tertiary alicyclic amines) is 1. The lowest BCUT2D eigenvalue weighted by molar-refractivity contribution is -0.146. The highest BCUT2D eigenvalue weighted by Crippen LogP contribution is 2.25. The van der Waals surface area contributed by atoms with E-state index in [9.17, 15) is 14.4 Å². The Labute approximate surface area is 254 Å². The van der Waals surface area contributed by atoms with Crippen molar-refractivity contribution in [2.75, 3.05) is 26.2 Å². The Morgan fingerprint density at radius 2 is 1.76 bits per heavy atom. The van der Waals surface area contributed by atoms with E-state index in [1.54, 1.807) is 0 Å². The fraction of sp³-hybridized carbons (Fsp3) is 0.500. The second kappa shape index (κ2) is 17.0. The number of hydrogen-bond donors (Lipinski definition) is 2. The van der Waals surface area contributed by atoms with Gasteiger partial charge in [0.05, 0.1) is 11.5 Å². The SMILES string of the molecule is CCCCCCOC(=O)C(CCC(=O)NCCC1CCN(Cc2ccccc2)CC1)NC(=O)c1cc2ccccc2s1. The van der Waals surface area contributed by atoms with Gasteiger partial charge in [-0.25, -0.2) is 4.79 Å². The number of nitrogens with zero attached hydrogens (tertiary/aromatic N) is 1. The van der Waals surface area contributed by atoms with Crippen LogP contribution in [0.2, 0.25) is 0 Å². The standard InChI is InChI=1S/C34H45N3O4S/c1-2-3-4-10-23-41-34(40)29(36-33(39)31-24-28-13-8-9-14-30(28)42-31)15-16-32(38)35-20-17-26-18-21-37(22-19-26)25-27-11-6-5-7-12-27/h5-9,11-14,24,26,29H,2-4,10,15-23,25H2,1H3,(H,35,38)(H,36,39). The van der Waals surface area contributed by atoms with Crippen LogP contribution in [0.1, 0.15) is 79.9 Å². The van der Waals surface area contributed by atoms with Crippen molar-refractivity contribution in [2.24, 2.45) is 5.92 Å². The van der Waals surface area contributed by atoms with Crippen LogP contribution in [0.25, 0.3) is 10.1 Å². The first-order valence-corrected chi connectivity index (χ1v) is 16.3. The van der Waals surface area contributed by atoms with Crippen LogP contribution in [-0.2, 0) is 20.9 Å². The number of fused-ring (bicyclic) bond motifs is 1. The van der Waals surface area contributed by atoms with Gasteiger partial charge < -0.3 is 15.4 Å². The van der Waals surface area contributed by atoms with E-state index in [0.717, 1.165) is 74.7 Å². The first kappa shape index (κ1) is 31.7. The molecule has 2 N–H and O–H groups in total. The van der Waals surface area contributed by atoms with Crippen LogP contribution < -0.4 is 10.6 Å². The fourth-order valence-electron chi connectivity index (χ4n) is 5.43. The predicted molar refractivity (Wildman–Crippen MR) is 169 cm³/mol.